The van der Waals surface area contributed by atoms with Gasteiger partial charge in [-0.1, -0.05) is 12.2 Å². The van der Waals surface area contributed by atoms with Gasteiger partial charge in [0.25, 0.3) is 5.91 Å². The molecule has 142 valence electrons. The van der Waals surface area contributed by atoms with Gasteiger partial charge >= 0.3 is 5.97 Å². The molecule has 27 heavy (non-hydrogen) atoms. The van der Waals surface area contributed by atoms with E-state index in [0.717, 1.165) is 55.5 Å². The molecule has 0 spiro atoms. The molecule has 5 atom stereocenters. The molecule has 3 unspecified atom stereocenters. The fourth-order valence-electron chi connectivity index (χ4n) is 6.43. The topological polar surface area (TPSA) is 94.3 Å². The van der Waals surface area contributed by atoms with Crippen molar-refractivity contribution in [1.29, 1.82) is 0 Å². The van der Waals surface area contributed by atoms with Crippen molar-refractivity contribution < 1.29 is 14.3 Å². The number of hydrogen-bond acceptors (Lipinski definition) is 5. The molecule has 0 saturated heterocycles. The zero-order chi connectivity index (χ0) is 18.8. The number of carbonyl (C=O) groups is 2. The fraction of sp³-hybridized carbons (Fsp3) is 0.571. The molecule has 1 aromatic heterocycles. The molecule has 1 amide bonds. The van der Waals surface area contributed by atoms with Crippen LogP contribution in [0.5, 0.6) is 0 Å². The lowest BCUT2D eigenvalue weighted by Crippen LogP contribution is -2.58. The molecule has 0 aliphatic heterocycles. The maximum atomic E-state index is 12.5. The Balaban J connectivity index is 1.49. The molecular weight excluding hydrogens is 342 g/mol. The number of methoxy groups -OCH3 is 1. The van der Waals surface area contributed by atoms with Crippen molar-refractivity contribution in [2.45, 2.75) is 44.6 Å². The molecule has 6 heteroatoms. The molecule has 4 fully saturated rings. The highest BCUT2D eigenvalue weighted by molar-refractivity contribution is 6.00. The van der Waals surface area contributed by atoms with Crippen molar-refractivity contribution in [2.75, 3.05) is 12.4 Å². The number of pyridine rings is 1. The van der Waals surface area contributed by atoms with Crippen LogP contribution in [0, 0.1) is 23.2 Å². The normalized spacial score (nSPS) is 35.1. The molecule has 4 bridgehead atoms. The van der Waals surface area contributed by atoms with Gasteiger partial charge < -0.3 is 15.8 Å². The summed E-state index contributed by atoms with van der Waals surface area (Å²) in [6.07, 6.45) is 11.5. The predicted molar refractivity (Wildman–Crippen MR) is 101 cm³/mol. The van der Waals surface area contributed by atoms with Crippen LogP contribution in [0.4, 0.5) is 5.69 Å². The molecule has 1 aromatic rings. The summed E-state index contributed by atoms with van der Waals surface area (Å²) in [5, 5.41) is 3.70. The SMILES string of the molecule is COC(=O)C12CC3C[C@H](C1)C(Nc1c(C(N)=O)cnc4c1C=CC4)[C@@H](C3)C2. The fourth-order valence-corrected chi connectivity index (χ4v) is 6.43. The number of allylic oxidation sites excluding steroid dienone is 1. The maximum Gasteiger partial charge on any atom is 0.311 e. The zero-order valence-electron chi connectivity index (χ0n) is 15.5. The number of rotatable bonds is 4. The highest BCUT2D eigenvalue weighted by Gasteiger charge is 2.59. The molecule has 5 aliphatic carbocycles. The number of carbonyl (C=O) groups excluding carboxylic acids is 2. The Morgan fingerprint density at radius 2 is 2.00 bits per heavy atom. The number of anilines is 1. The van der Waals surface area contributed by atoms with Gasteiger partial charge in [-0.2, -0.15) is 0 Å². The Morgan fingerprint density at radius 3 is 2.67 bits per heavy atom. The van der Waals surface area contributed by atoms with Crippen molar-refractivity contribution in [3.8, 4) is 0 Å². The summed E-state index contributed by atoms with van der Waals surface area (Å²) in [6, 6.07) is 0.262. The smallest absolute Gasteiger partial charge is 0.311 e. The lowest BCUT2D eigenvalue weighted by atomic mass is 9.48. The van der Waals surface area contributed by atoms with Crippen LogP contribution in [-0.4, -0.2) is 30.0 Å². The van der Waals surface area contributed by atoms with Crippen LogP contribution in [0.25, 0.3) is 6.08 Å². The number of ether oxygens (including phenoxy) is 1. The summed E-state index contributed by atoms with van der Waals surface area (Å²) in [6.45, 7) is 0. The van der Waals surface area contributed by atoms with E-state index in [0.29, 0.717) is 23.3 Å². The molecular formula is C21H25N3O3. The number of esters is 1. The number of fused-ring (bicyclic) bond motifs is 1. The number of hydrogen-bond donors (Lipinski definition) is 2. The monoisotopic (exact) mass is 367 g/mol. The average molecular weight is 367 g/mol. The van der Waals surface area contributed by atoms with E-state index < -0.39 is 5.91 Å². The lowest BCUT2D eigenvalue weighted by molar-refractivity contribution is -0.169. The summed E-state index contributed by atoms with van der Waals surface area (Å²) in [5.41, 5.74) is 8.59. The number of aromatic nitrogens is 1. The Labute approximate surface area is 158 Å². The molecule has 0 radical (unpaired) electrons. The highest BCUT2D eigenvalue weighted by atomic mass is 16.5. The van der Waals surface area contributed by atoms with E-state index >= 15 is 0 Å². The second-order valence-corrected chi connectivity index (χ2v) is 8.79. The van der Waals surface area contributed by atoms with Crippen LogP contribution in [0.2, 0.25) is 0 Å². The van der Waals surface area contributed by atoms with E-state index in [1.807, 2.05) is 6.08 Å². The summed E-state index contributed by atoms with van der Waals surface area (Å²) < 4.78 is 5.16. The molecule has 5 aliphatic rings. The first-order valence-electron chi connectivity index (χ1n) is 9.84. The van der Waals surface area contributed by atoms with Gasteiger partial charge in [-0.05, 0) is 49.9 Å². The van der Waals surface area contributed by atoms with E-state index in [2.05, 4.69) is 16.4 Å². The Morgan fingerprint density at radius 1 is 1.26 bits per heavy atom. The van der Waals surface area contributed by atoms with Gasteiger partial charge in [0.2, 0.25) is 0 Å². The molecule has 3 N–H and O–H groups in total. The number of amides is 1. The van der Waals surface area contributed by atoms with Gasteiger partial charge in [-0.15, -0.1) is 0 Å². The summed E-state index contributed by atoms with van der Waals surface area (Å²) >= 11 is 0. The van der Waals surface area contributed by atoms with Gasteiger partial charge in [-0.3, -0.25) is 14.6 Å². The Hall–Kier alpha value is -2.37. The van der Waals surface area contributed by atoms with Crippen molar-refractivity contribution in [3.05, 3.63) is 29.1 Å². The minimum Gasteiger partial charge on any atom is -0.469 e. The zero-order valence-corrected chi connectivity index (χ0v) is 15.5. The lowest BCUT2D eigenvalue weighted by Gasteiger charge is -2.58. The van der Waals surface area contributed by atoms with Crippen molar-refractivity contribution in [3.63, 3.8) is 0 Å². The van der Waals surface area contributed by atoms with Gasteiger partial charge in [-0.25, -0.2) is 0 Å². The van der Waals surface area contributed by atoms with Gasteiger partial charge in [0, 0.05) is 24.2 Å². The third kappa shape index (κ3) is 2.42. The van der Waals surface area contributed by atoms with Crippen LogP contribution >= 0.6 is 0 Å². The second-order valence-electron chi connectivity index (χ2n) is 8.79. The Kier molecular flexibility index (Phi) is 3.61. The maximum absolute atomic E-state index is 12.5. The van der Waals surface area contributed by atoms with E-state index in [9.17, 15) is 9.59 Å². The summed E-state index contributed by atoms with van der Waals surface area (Å²) in [4.78, 5) is 28.9. The average Bonchev–Trinajstić information content (AvgIpc) is 3.12. The second kappa shape index (κ2) is 5.81. The van der Waals surface area contributed by atoms with Crippen LogP contribution in [0.15, 0.2) is 12.3 Å². The third-order valence-electron chi connectivity index (χ3n) is 7.26. The van der Waals surface area contributed by atoms with Crippen molar-refractivity contribution in [1.82, 2.24) is 4.98 Å². The minimum atomic E-state index is -0.456. The minimum absolute atomic E-state index is 0.0362. The summed E-state index contributed by atoms with van der Waals surface area (Å²) in [7, 11) is 1.50. The molecule has 0 aromatic carbocycles. The third-order valence-corrected chi connectivity index (χ3v) is 7.26. The first-order valence-corrected chi connectivity index (χ1v) is 9.84. The van der Waals surface area contributed by atoms with Crippen molar-refractivity contribution in [2.24, 2.45) is 28.9 Å². The quantitative estimate of drug-likeness (QED) is 0.798. The Bertz CT molecular complexity index is 846. The van der Waals surface area contributed by atoms with Gasteiger partial charge in [0.15, 0.2) is 0 Å². The predicted octanol–water partition coefficient (Wildman–Crippen LogP) is 2.53. The number of primary amides is 1. The van der Waals surface area contributed by atoms with E-state index in [4.69, 9.17) is 10.5 Å². The number of nitrogens with zero attached hydrogens (tertiary/aromatic N) is 1. The number of nitrogens with one attached hydrogen (secondary N) is 1. The van der Waals surface area contributed by atoms with Crippen molar-refractivity contribution >= 4 is 23.6 Å². The molecule has 4 saturated carbocycles. The number of nitrogens with two attached hydrogens (primary N) is 1. The largest absolute Gasteiger partial charge is 0.469 e. The molecule has 6 nitrogen and oxygen atoms in total. The van der Waals surface area contributed by atoms with Crippen LogP contribution in [-0.2, 0) is 16.0 Å². The van der Waals surface area contributed by atoms with Crippen LogP contribution in [0.1, 0.15) is 53.7 Å². The van der Waals surface area contributed by atoms with Gasteiger partial charge in [0.05, 0.1) is 29.5 Å². The van der Waals surface area contributed by atoms with Gasteiger partial charge in [0.1, 0.15) is 0 Å². The first kappa shape index (κ1) is 16.8. The van der Waals surface area contributed by atoms with E-state index in [-0.39, 0.29) is 17.4 Å². The first-order chi connectivity index (χ1) is 13.0. The summed E-state index contributed by atoms with van der Waals surface area (Å²) in [5.74, 6) is 0.961. The van der Waals surface area contributed by atoms with Crippen LogP contribution < -0.4 is 11.1 Å². The van der Waals surface area contributed by atoms with E-state index in [1.54, 1.807) is 6.20 Å². The van der Waals surface area contributed by atoms with Crippen LogP contribution in [0.3, 0.4) is 0 Å². The van der Waals surface area contributed by atoms with E-state index in [1.165, 1.54) is 7.11 Å². The molecule has 1 heterocycles. The molecule has 6 rings (SSSR count). The highest BCUT2D eigenvalue weighted by Crippen LogP contribution is 2.61. The standard InChI is InChI=1S/C21H25N3O3/c1-27-20(26)21-7-11-5-12(8-21)17(13(6-11)9-21)24-18-14-3-2-4-16(14)23-10-15(18)19(22)25/h2-3,10-13,17H,4-9H2,1H3,(H2,22,25)(H,23,24)/t11?,12-,13+,17?,21?.